The molecule has 0 bridgehead atoms. The predicted octanol–water partition coefficient (Wildman–Crippen LogP) is 4.50. The molecule has 4 nitrogen and oxygen atoms in total. The Balaban J connectivity index is 2.11. The Morgan fingerprint density at radius 2 is 1.88 bits per heavy atom. The van der Waals surface area contributed by atoms with E-state index in [1.807, 2.05) is 56.3 Å². The van der Waals surface area contributed by atoms with E-state index in [1.165, 1.54) is 0 Å². The number of benzene rings is 2. The number of carbonyl (C=O) groups is 1. The Hall–Kier alpha value is -2.33. The Bertz CT molecular complexity index is 670. The molecular weight excluding hydrogens is 314 g/mol. The van der Waals surface area contributed by atoms with E-state index in [2.05, 4.69) is 12.2 Å². The van der Waals surface area contributed by atoms with Gasteiger partial charge < -0.3 is 14.8 Å². The van der Waals surface area contributed by atoms with Crippen LogP contribution in [-0.2, 0) is 11.3 Å². The van der Waals surface area contributed by atoms with Gasteiger partial charge >= 0.3 is 0 Å². The Morgan fingerprint density at radius 1 is 1.12 bits per heavy atom. The molecule has 1 amide bonds. The maximum atomic E-state index is 12.6. The van der Waals surface area contributed by atoms with Crippen molar-refractivity contribution in [2.45, 2.75) is 39.8 Å². The van der Waals surface area contributed by atoms with Gasteiger partial charge in [0.15, 0.2) is 0 Å². The summed E-state index contributed by atoms with van der Waals surface area (Å²) in [6, 6.07) is 15.4. The van der Waals surface area contributed by atoms with Gasteiger partial charge in [-0.3, -0.25) is 4.79 Å². The van der Waals surface area contributed by atoms with E-state index in [0.29, 0.717) is 25.4 Å². The number of nitrogens with one attached hydrogen (secondary N) is 1. The quantitative estimate of drug-likeness (QED) is 0.683. The normalized spacial score (nSPS) is 11.8. The van der Waals surface area contributed by atoms with E-state index in [1.54, 1.807) is 6.07 Å². The molecule has 1 atom stereocenters. The molecule has 0 aliphatic carbocycles. The number of amides is 1. The SMILES string of the molecule is CCCOCc1cc(C(=O)NC(C)c2ccccc2)ccc1OCC. The third kappa shape index (κ3) is 5.61. The van der Waals surface area contributed by atoms with Crippen LogP contribution in [0.5, 0.6) is 5.75 Å². The predicted molar refractivity (Wildman–Crippen MR) is 99.9 cm³/mol. The molecule has 0 spiro atoms. The van der Waals surface area contributed by atoms with Gasteiger partial charge in [-0.25, -0.2) is 0 Å². The number of ether oxygens (including phenoxy) is 2. The van der Waals surface area contributed by atoms with Gasteiger partial charge in [-0.2, -0.15) is 0 Å². The summed E-state index contributed by atoms with van der Waals surface area (Å²) in [5.41, 5.74) is 2.59. The van der Waals surface area contributed by atoms with Crippen LogP contribution < -0.4 is 10.1 Å². The largest absolute Gasteiger partial charge is 0.494 e. The zero-order valence-electron chi connectivity index (χ0n) is 15.2. The van der Waals surface area contributed by atoms with Crippen molar-refractivity contribution in [1.29, 1.82) is 0 Å². The van der Waals surface area contributed by atoms with Crippen molar-refractivity contribution >= 4 is 5.91 Å². The lowest BCUT2D eigenvalue weighted by Gasteiger charge is -2.16. The van der Waals surface area contributed by atoms with Crippen LogP contribution in [0, 0.1) is 0 Å². The van der Waals surface area contributed by atoms with Crippen molar-refractivity contribution in [3.05, 3.63) is 65.2 Å². The van der Waals surface area contributed by atoms with Crippen molar-refractivity contribution in [2.75, 3.05) is 13.2 Å². The topological polar surface area (TPSA) is 47.6 Å². The molecule has 0 radical (unpaired) electrons. The van der Waals surface area contributed by atoms with E-state index < -0.39 is 0 Å². The fourth-order valence-corrected chi connectivity index (χ4v) is 2.56. The molecule has 1 N–H and O–H groups in total. The zero-order chi connectivity index (χ0) is 18.1. The second-order valence-corrected chi connectivity index (χ2v) is 5.91. The van der Waals surface area contributed by atoms with Gasteiger partial charge in [-0.1, -0.05) is 37.3 Å². The Morgan fingerprint density at radius 3 is 2.56 bits per heavy atom. The molecule has 25 heavy (non-hydrogen) atoms. The summed E-state index contributed by atoms with van der Waals surface area (Å²) in [4.78, 5) is 12.6. The lowest BCUT2D eigenvalue weighted by Crippen LogP contribution is -2.26. The molecule has 0 aliphatic heterocycles. The highest BCUT2D eigenvalue weighted by molar-refractivity contribution is 5.94. The number of hydrogen-bond donors (Lipinski definition) is 1. The minimum Gasteiger partial charge on any atom is -0.494 e. The molecule has 0 heterocycles. The van der Waals surface area contributed by atoms with Crippen molar-refractivity contribution in [3.63, 3.8) is 0 Å². The molecule has 1 unspecified atom stereocenters. The molecule has 0 fully saturated rings. The molecule has 0 saturated carbocycles. The van der Waals surface area contributed by atoms with E-state index in [4.69, 9.17) is 9.47 Å². The van der Waals surface area contributed by atoms with Gasteiger partial charge in [0.25, 0.3) is 5.91 Å². The van der Waals surface area contributed by atoms with E-state index >= 15 is 0 Å². The van der Waals surface area contributed by atoms with Gasteiger partial charge in [-0.05, 0) is 44.0 Å². The summed E-state index contributed by atoms with van der Waals surface area (Å²) in [5.74, 6) is 0.669. The third-order valence-corrected chi connectivity index (χ3v) is 3.88. The summed E-state index contributed by atoms with van der Waals surface area (Å²) < 4.78 is 11.3. The Kier molecular flexibility index (Phi) is 7.48. The molecule has 2 aromatic rings. The highest BCUT2D eigenvalue weighted by atomic mass is 16.5. The zero-order valence-corrected chi connectivity index (χ0v) is 15.2. The lowest BCUT2D eigenvalue weighted by molar-refractivity contribution is 0.0939. The molecule has 134 valence electrons. The highest BCUT2D eigenvalue weighted by Crippen LogP contribution is 2.22. The van der Waals surface area contributed by atoms with Crippen molar-refractivity contribution < 1.29 is 14.3 Å². The first-order valence-electron chi connectivity index (χ1n) is 8.85. The highest BCUT2D eigenvalue weighted by Gasteiger charge is 2.14. The molecule has 2 rings (SSSR count). The van der Waals surface area contributed by atoms with Crippen LogP contribution in [0.1, 0.15) is 54.7 Å². The number of hydrogen-bond acceptors (Lipinski definition) is 3. The van der Waals surface area contributed by atoms with E-state index in [-0.39, 0.29) is 11.9 Å². The lowest BCUT2D eigenvalue weighted by atomic mass is 10.1. The third-order valence-electron chi connectivity index (χ3n) is 3.88. The summed E-state index contributed by atoms with van der Waals surface area (Å²) >= 11 is 0. The van der Waals surface area contributed by atoms with Crippen molar-refractivity contribution in [1.82, 2.24) is 5.32 Å². The molecule has 0 aliphatic rings. The standard InChI is InChI=1S/C21H27NO3/c1-4-13-24-15-19-14-18(11-12-20(19)25-5-2)21(23)22-16(3)17-9-7-6-8-10-17/h6-12,14,16H,4-5,13,15H2,1-3H3,(H,22,23). The van der Waals surface area contributed by atoms with Crippen molar-refractivity contribution in [2.24, 2.45) is 0 Å². The van der Waals surface area contributed by atoms with Crippen LogP contribution in [0.15, 0.2) is 48.5 Å². The molecule has 4 heteroatoms. The summed E-state index contributed by atoms with van der Waals surface area (Å²) in [6.45, 7) is 7.70. The average Bonchev–Trinajstić information content (AvgIpc) is 2.64. The van der Waals surface area contributed by atoms with E-state index in [9.17, 15) is 4.79 Å². The summed E-state index contributed by atoms with van der Waals surface area (Å²) in [5, 5.41) is 3.04. The summed E-state index contributed by atoms with van der Waals surface area (Å²) in [6.07, 6.45) is 0.957. The minimum atomic E-state index is -0.101. The van der Waals surface area contributed by atoms with Crippen LogP contribution in [-0.4, -0.2) is 19.1 Å². The van der Waals surface area contributed by atoms with Gasteiger partial charge in [0.1, 0.15) is 5.75 Å². The molecule has 0 aromatic heterocycles. The molecule has 0 saturated heterocycles. The van der Waals surface area contributed by atoms with Crippen LogP contribution in [0.3, 0.4) is 0 Å². The van der Waals surface area contributed by atoms with Gasteiger partial charge in [0, 0.05) is 17.7 Å². The maximum absolute atomic E-state index is 12.6. The smallest absolute Gasteiger partial charge is 0.251 e. The first kappa shape index (κ1) is 19.0. The monoisotopic (exact) mass is 341 g/mol. The molecule has 2 aromatic carbocycles. The maximum Gasteiger partial charge on any atom is 0.251 e. The minimum absolute atomic E-state index is 0.0555. The van der Waals surface area contributed by atoms with Crippen LogP contribution in [0.4, 0.5) is 0 Å². The second kappa shape index (κ2) is 9.84. The van der Waals surface area contributed by atoms with Crippen LogP contribution in [0.25, 0.3) is 0 Å². The molecular formula is C21H27NO3. The average molecular weight is 341 g/mol. The summed E-state index contributed by atoms with van der Waals surface area (Å²) in [7, 11) is 0. The van der Waals surface area contributed by atoms with Gasteiger partial charge in [-0.15, -0.1) is 0 Å². The fraction of sp³-hybridized carbons (Fsp3) is 0.381. The second-order valence-electron chi connectivity index (χ2n) is 5.91. The van der Waals surface area contributed by atoms with Gasteiger partial charge in [0.2, 0.25) is 0 Å². The fourth-order valence-electron chi connectivity index (χ4n) is 2.56. The van der Waals surface area contributed by atoms with Crippen LogP contribution in [0.2, 0.25) is 0 Å². The number of rotatable bonds is 9. The first-order valence-corrected chi connectivity index (χ1v) is 8.85. The van der Waals surface area contributed by atoms with Gasteiger partial charge in [0.05, 0.1) is 19.3 Å². The first-order chi connectivity index (χ1) is 12.2. The Labute approximate surface area is 150 Å². The van der Waals surface area contributed by atoms with Crippen molar-refractivity contribution in [3.8, 4) is 5.75 Å². The van der Waals surface area contributed by atoms with E-state index in [0.717, 1.165) is 23.3 Å². The number of carbonyl (C=O) groups excluding carboxylic acids is 1. The van der Waals surface area contributed by atoms with Crippen LogP contribution >= 0.6 is 0 Å².